The highest BCUT2D eigenvalue weighted by molar-refractivity contribution is 4.91. The maximum atomic E-state index is 10.1. The monoisotopic (exact) mass is 213 g/mol. The molecule has 2 fully saturated rings. The molecule has 1 N–H and O–H groups in total. The van der Waals surface area contributed by atoms with Crippen LogP contribution in [0.25, 0.3) is 0 Å². The molecule has 3 heteroatoms. The van der Waals surface area contributed by atoms with E-state index in [0.29, 0.717) is 12.0 Å². The lowest BCUT2D eigenvalue weighted by atomic mass is 9.96. The van der Waals surface area contributed by atoms with Gasteiger partial charge >= 0.3 is 0 Å². The van der Waals surface area contributed by atoms with Crippen LogP contribution in [0.4, 0.5) is 0 Å². The molecule has 88 valence electrons. The van der Waals surface area contributed by atoms with E-state index in [1.165, 1.54) is 12.8 Å². The maximum Gasteiger partial charge on any atom is 0.0746 e. The Morgan fingerprint density at radius 3 is 2.80 bits per heavy atom. The summed E-state index contributed by atoms with van der Waals surface area (Å²) in [6, 6.07) is 0.345. The molecule has 2 aliphatic heterocycles. The smallest absolute Gasteiger partial charge is 0.0746 e. The van der Waals surface area contributed by atoms with E-state index >= 15 is 0 Å². The first-order valence-corrected chi connectivity index (χ1v) is 6.11. The van der Waals surface area contributed by atoms with Gasteiger partial charge in [-0.1, -0.05) is 0 Å². The standard InChI is InChI=1S/C12H23NO2/c1-12(2,14)11-4-3-6-13(11)8-10-5-7-15-9-10/h10-11,14H,3-9H2,1-2H3/t10-,11-/m0/s1. The highest BCUT2D eigenvalue weighted by Crippen LogP contribution is 2.28. The third kappa shape index (κ3) is 2.71. The van der Waals surface area contributed by atoms with Crippen molar-refractivity contribution in [3.63, 3.8) is 0 Å². The Morgan fingerprint density at radius 1 is 1.40 bits per heavy atom. The molecule has 2 rings (SSSR count). The fourth-order valence-electron chi connectivity index (χ4n) is 2.90. The third-order valence-corrected chi connectivity index (χ3v) is 3.70. The summed E-state index contributed by atoms with van der Waals surface area (Å²) in [5.41, 5.74) is -0.560. The van der Waals surface area contributed by atoms with Gasteiger partial charge in [-0.05, 0) is 45.6 Å². The summed E-state index contributed by atoms with van der Waals surface area (Å²) in [6.07, 6.45) is 3.55. The summed E-state index contributed by atoms with van der Waals surface area (Å²) in [6.45, 7) is 7.95. The minimum Gasteiger partial charge on any atom is -0.389 e. The molecule has 0 bridgehead atoms. The Balaban J connectivity index is 1.90. The largest absolute Gasteiger partial charge is 0.389 e. The molecular formula is C12H23NO2. The minimum absolute atomic E-state index is 0.345. The van der Waals surface area contributed by atoms with Crippen molar-refractivity contribution in [2.24, 2.45) is 5.92 Å². The predicted molar refractivity (Wildman–Crippen MR) is 59.8 cm³/mol. The number of likely N-dealkylation sites (tertiary alicyclic amines) is 1. The lowest BCUT2D eigenvalue weighted by molar-refractivity contribution is -0.00731. The molecule has 0 aliphatic carbocycles. The fraction of sp³-hybridized carbons (Fsp3) is 1.00. The van der Waals surface area contributed by atoms with Crippen LogP contribution >= 0.6 is 0 Å². The third-order valence-electron chi connectivity index (χ3n) is 3.70. The van der Waals surface area contributed by atoms with E-state index < -0.39 is 5.60 Å². The highest BCUT2D eigenvalue weighted by atomic mass is 16.5. The molecule has 3 nitrogen and oxygen atoms in total. The fourth-order valence-corrected chi connectivity index (χ4v) is 2.90. The van der Waals surface area contributed by atoms with E-state index in [1.807, 2.05) is 13.8 Å². The van der Waals surface area contributed by atoms with Gasteiger partial charge in [-0.2, -0.15) is 0 Å². The molecule has 0 unspecified atom stereocenters. The SMILES string of the molecule is CC(C)(O)[C@@H]1CCCN1C[C@@H]1CCOC1. The van der Waals surface area contributed by atoms with E-state index in [-0.39, 0.29) is 0 Å². The Labute approximate surface area is 92.4 Å². The zero-order valence-corrected chi connectivity index (χ0v) is 9.91. The molecule has 2 heterocycles. The zero-order valence-electron chi connectivity index (χ0n) is 9.91. The second kappa shape index (κ2) is 4.40. The minimum atomic E-state index is -0.560. The number of hydrogen-bond donors (Lipinski definition) is 1. The summed E-state index contributed by atoms with van der Waals surface area (Å²) in [7, 11) is 0. The van der Waals surface area contributed by atoms with Crippen molar-refractivity contribution >= 4 is 0 Å². The van der Waals surface area contributed by atoms with Crippen LogP contribution < -0.4 is 0 Å². The number of aliphatic hydroxyl groups is 1. The Hall–Kier alpha value is -0.120. The molecule has 0 saturated carbocycles. The van der Waals surface area contributed by atoms with Crippen molar-refractivity contribution in [2.45, 2.75) is 44.8 Å². The van der Waals surface area contributed by atoms with Crippen molar-refractivity contribution in [1.29, 1.82) is 0 Å². The summed E-state index contributed by atoms with van der Waals surface area (Å²) < 4.78 is 5.40. The molecule has 2 aliphatic rings. The molecule has 0 aromatic heterocycles. The van der Waals surface area contributed by atoms with Crippen molar-refractivity contribution in [1.82, 2.24) is 4.90 Å². The van der Waals surface area contributed by atoms with Gasteiger partial charge in [0.05, 0.1) is 12.2 Å². The lowest BCUT2D eigenvalue weighted by Crippen LogP contribution is -2.47. The second-order valence-electron chi connectivity index (χ2n) is 5.54. The normalized spacial score (nSPS) is 33.8. The first-order valence-electron chi connectivity index (χ1n) is 6.11. The average molecular weight is 213 g/mol. The van der Waals surface area contributed by atoms with Crippen LogP contribution in [-0.2, 0) is 4.74 Å². The van der Waals surface area contributed by atoms with Crippen molar-refractivity contribution in [3.05, 3.63) is 0 Å². The predicted octanol–water partition coefficient (Wildman–Crippen LogP) is 1.26. The topological polar surface area (TPSA) is 32.7 Å². The highest BCUT2D eigenvalue weighted by Gasteiger charge is 2.36. The number of nitrogens with zero attached hydrogens (tertiary/aromatic N) is 1. The van der Waals surface area contributed by atoms with Crippen LogP contribution in [0.5, 0.6) is 0 Å². The molecule has 0 amide bonds. The van der Waals surface area contributed by atoms with Crippen LogP contribution in [0, 0.1) is 5.92 Å². The number of hydrogen-bond acceptors (Lipinski definition) is 3. The van der Waals surface area contributed by atoms with Gasteiger partial charge in [0.2, 0.25) is 0 Å². The molecule has 2 atom stereocenters. The van der Waals surface area contributed by atoms with Gasteiger partial charge in [-0.15, -0.1) is 0 Å². The van der Waals surface area contributed by atoms with Crippen LogP contribution in [0.15, 0.2) is 0 Å². The van der Waals surface area contributed by atoms with Crippen molar-refractivity contribution in [2.75, 3.05) is 26.3 Å². The molecule has 0 aromatic rings. The van der Waals surface area contributed by atoms with Crippen LogP contribution in [0.2, 0.25) is 0 Å². The van der Waals surface area contributed by atoms with Crippen LogP contribution in [-0.4, -0.2) is 48.0 Å². The van der Waals surface area contributed by atoms with Gasteiger partial charge in [0.25, 0.3) is 0 Å². The summed E-state index contributed by atoms with van der Waals surface area (Å²) in [4.78, 5) is 2.46. The Morgan fingerprint density at radius 2 is 2.20 bits per heavy atom. The lowest BCUT2D eigenvalue weighted by Gasteiger charge is -2.35. The van der Waals surface area contributed by atoms with Crippen LogP contribution in [0.3, 0.4) is 0 Å². The van der Waals surface area contributed by atoms with Gasteiger partial charge in [0.1, 0.15) is 0 Å². The Kier molecular flexibility index (Phi) is 3.33. The van der Waals surface area contributed by atoms with Gasteiger partial charge < -0.3 is 9.84 Å². The number of ether oxygens (including phenoxy) is 1. The van der Waals surface area contributed by atoms with Crippen molar-refractivity contribution < 1.29 is 9.84 Å². The summed E-state index contributed by atoms with van der Waals surface area (Å²) in [5.74, 6) is 0.688. The molecule has 2 saturated heterocycles. The van der Waals surface area contributed by atoms with E-state index in [0.717, 1.165) is 32.7 Å². The maximum absolute atomic E-state index is 10.1. The zero-order chi connectivity index (χ0) is 10.9. The van der Waals surface area contributed by atoms with Gasteiger partial charge in [0.15, 0.2) is 0 Å². The van der Waals surface area contributed by atoms with Gasteiger partial charge in [-0.3, -0.25) is 4.90 Å². The average Bonchev–Trinajstić information content (AvgIpc) is 2.73. The summed E-state index contributed by atoms with van der Waals surface area (Å²) in [5, 5.41) is 10.1. The summed E-state index contributed by atoms with van der Waals surface area (Å²) >= 11 is 0. The van der Waals surface area contributed by atoms with Gasteiger partial charge in [0, 0.05) is 19.2 Å². The Bertz CT molecular complexity index is 206. The molecule has 0 spiro atoms. The molecule has 15 heavy (non-hydrogen) atoms. The van der Waals surface area contributed by atoms with E-state index in [1.54, 1.807) is 0 Å². The second-order valence-corrected chi connectivity index (χ2v) is 5.54. The molecule has 0 radical (unpaired) electrons. The van der Waals surface area contributed by atoms with E-state index in [9.17, 15) is 5.11 Å². The van der Waals surface area contributed by atoms with Gasteiger partial charge in [-0.25, -0.2) is 0 Å². The first-order chi connectivity index (χ1) is 7.07. The molecule has 0 aromatic carbocycles. The van der Waals surface area contributed by atoms with E-state index in [4.69, 9.17) is 4.74 Å². The quantitative estimate of drug-likeness (QED) is 0.766. The molecular weight excluding hydrogens is 190 g/mol. The van der Waals surface area contributed by atoms with Crippen molar-refractivity contribution in [3.8, 4) is 0 Å². The number of rotatable bonds is 3. The van der Waals surface area contributed by atoms with Crippen LogP contribution in [0.1, 0.15) is 33.1 Å². The van der Waals surface area contributed by atoms with E-state index in [2.05, 4.69) is 4.90 Å². The first kappa shape index (κ1) is 11.4.